The minimum atomic E-state index is 0.519. The molecule has 1 aromatic heterocycles. The summed E-state index contributed by atoms with van der Waals surface area (Å²) in [5.74, 6) is 0. The van der Waals surface area contributed by atoms with E-state index in [1.54, 1.807) is 0 Å². The topological polar surface area (TPSA) is 48.7 Å². The summed E-state index contributed by atoms with van der Waals surface area (Å²) >= 11 is 3.39. The Morgan fingerprint density at radius 3 is 2.71 bits per heavy atom. The van der Waals surface area contributed by atoms with E-state index >= 15 is 0 Å². The summed E-state index contributed by atoms with van der Waals surface area (Å²) in [6.45, 7) is 1.89. The fourth-order valence-electron chi connectivity index (χ4n) is 2.23. The highest BCUT2D eigenvalue weighted by atomic mass is 32.2. The van der Waals surface area contributed by atoms with Crippen molar-refractivity contribution in [3.63, 3.8) is 0 Å². The van der Waals surface area contributed by atoms with Crippen molar-refractivity contribution in [2.45, 2.75) is 43.9 Å². The highest BCUT2D eigenvalue weighted by Gasteiger charge is 2.22. The Morgan fingerprint density at radius 2 is 2.12 bits per heavy atom. The first-order valence-corrected chi connectivity index (χ1v) is 7.96. The van der Waals surface area contributed by atoms with E-state index in [1.807, 2.05) is 18.7 Å². The lowest BCUT2D eigenvalue weighted by atomic mass is 9.95. The number of anilines is 1. The van der Waals surface area contributed by atoms with Gasteiger partial charge < -0.3 is 5.32 Å². The van der Waals surface area contributed by atoms with Gasteiger partial charge in [-0.3, -0.25) is 0 Å². The fraction of sp³-hybridized carbons (Fsp3) is 0.667. The summed E-state index contributed by atoms with van der Waals surface area (Å²) in [5, 5.41) is 14.3. The fourth-order valence-corrected chi connectivity index (χ4v) is 3.80. The average Bonchev–Trinajstić information content (AvgIpc) is 2.71. The predicted molar refractivity (Wildman–Crippen MR) is 74.7 cm³/mol. The molecule has 1 aliphatic carbocycles. The zero-order valence-electron chi connectivity index (χ0n) is 10.2. The Hall–Kier alpha value is -0.730. The molecule has 0 atom stereocenters. The molecule has 5 heteroatoms. The molecule has 0 bridgehead atoms. The maximum Gasteiger partial charge on any atom is 0.127 e. The number of thioether (sulfide) groups is 1. The second kappa shape index (κ2) is 5.74. The number of nitrogens with one attached hydrogen (secondary N) is 1. The van der Waals surface area contributed by atoms with Gasteiger partial charge in [0.05, 0.1) is 5.69 Å². The van der Waals surface area contributed by atoms with E-state index in [0.29, 0.717) is 6.04 Å². The van der Waals surface area contributed by atoms with E-state index in [-0.39, 0.29) is 0 Å². The van der Waals surface area contributed by atoms with Gasteiger partial charge in [-0.05, 0) is 50.4 Å². The second-order valence-electron chi connectivity index (χ2n) is 4.44. The van der Waals surface area contributed by atoms with Gasteiger partial charge in [0, 0.05) is 11.3 Å². The summed E-state index contributed by atoms with van der Waals surface area (Å²) in [5.41, 5.74) is 1.57. The second-order valence-corrected chi connectivity index (χ2v) is 6.35. The minimum absolute atomic E-state index is 0.519. The Bertz CT molecular complexity index is 414. The van der Waals surface area contributed by atoms with Crippen LogP contribution < -0.4 is 5.32 Å². The van der Waals surface area contributed by atoms with Crippen molar-refractivity contribution in [3.05, 3.63) is 11.3 Å². The van der Waals surface area contributed by atoms with Crippen LogP contribution in [0.1, 0.15) is 36.9 Å². The third kappa shape index (κ3) is 2.93. The first kappa shape index (κ1) is 12.7. The molecule has 17 heavy (non-hydrogen) atoms. The van der Waals surface area contributed by atoms with Gasteiger partial charge in [-0.2, -0.15) is 21.4 Å². The van der Waals surface area contributed by atoms with Crippen molar-refractivity contribution in [1.29, 1.82) is 5.26 Å². The van der Waals surface area contributed by atoms with E-state index in [2.05, 4.69) is 22.0 Å². The zero-order chi connectivity index (χ0) is 12.3. The van der Waals surface area contributed by atoms with Crippen LogP contribution in [0.25, 0.3) is 0 Å². The maximum atomic E-state index is 9.07. The van der Waals surface area contributed by atoms with Crippen molar-refractivity contribution >= 4 is 28.3 Å². The van der Waals surface area contributed by atoms with E-state index in [0.717, 1.165) is 21.5 Å². The molecule has 0 unspecified atom stereocenters. The van der Waals surface area contributed by atoms with E-state index < -0.39 is 0 Å². The van der Waals surface area contributed by atoms with Gasteiger partial charge in [-0.25, -0.2) is 0 Å². The van der Waals surface area contributed by atoms with Crippen LogP contribution in [0.4, 0.5) is 5.00 Å². The number of hydrogen-bond donors (Lipinski definition) is 1. The molecule has 1 N–H and O–H groups in total. The molecule has 0 saturated heterocycles. The molecule has 0 spiro atoms. The van der Waals surface area contributed by atoms with E-state index in [9.17, 15) is 0 Å². The lowest BCUT2D eigenvalue weighted by molar-refractivity contribution is 0.474. The molecule has 1 saturated carbocycles. The molecule has 0 amide bonds. The zero-order valence-corrected chi connectivity index (χ0v) is 11.8. The number of aryl methyl sites for hydroxylation is 1. The molecule has 92 valence electrons. The van der Waals surface area contributed by atoms with Crippen molar-refractivity contribution < 1.29 is 0 Å². The summed E-state index contributed by atoms with van der Waals surface area (Å²) in [6.07, 6.45) is 7.15. The largest absolute Gasteiger partial charge is 0.372 e. The van der Waals surface area contributed by atoms with Crippen molar-refractivity contribution in [2.75, 3.05) is 11.6 Å². The Balaban J connectivity index is 1.96. The lowest BCUT2D eigenvalue weighted by Gasteiger charge is -2.28. The number of hydrogen-bond acceptors (Lipinski definition) is 5. The maximum absolute atomic E-state index is 9.07. The van der Waals surface area contributed by atoms with Crippen LogP contribution in [-0.4, -0.2) is 21.9 Å². The van der Waals surface area contributed by atoms with Gasteiger partial charge in [0.2, 0.25) is 0 Å². The van der Waals surface area contributed by atoms with Crippen LogP contribution in [0.5, 0.6) is 0 Å². The third-order valence-corrected chi connectivity index (χ3v) is 5.33. The van der Waals surface area contributed by atoms with Crippen LogP contribution in [0.2, 0.25) is 0 Å². The smallest absolute Gasteiger partial charge is 0.127 e. The minimum Gasteiger partial charge on any atom is -0.372 e. The van der Waals surface area contributed by atoms with Crippen LogP contribution in [0, 0.1) is 18.3 Å². The van der Waals surface area contributed by atoms with Crippen molar-refractivity contribution in [3.8, 4) is 6.07 Å². The number of aromatic nitrogens is 1. The molecule has 1 aromatic rings. The lowest BCUT2D eigenvalue weighted by Crippen LogP contribution is -2.26. The average molecular weight is 267 g/mol. The Morgan fingerprint density at radius 1 is 1.41 bits per heavy atom. The molecular formula is C12H17N3S2. The molecule has 0 radical (unpaired) electrons. The molecule has 1 fully saturated rings. The standard InChI is InChI=1S/C12H17N3S2/c1-8-11(7-13)12(17-15-8)14-9-3-5-10(16-2)6-4-9/h9-10,14H,3-6H2,1-2H3. The molecular weight excluding hydrogens is 250 g/mol. The molecule has 2 rings (SSSR count). The number of rotatable bonds is 3. The van der Waals surface area contributed by atoms with Crippen molar-refractivity contribution in [1.82, 2.24) is 4.37 Å². The SMILES string of the molecule is CSC1CCC(Nc2snc(C)c2C#N)CC1. The van der Waals surface area contributed by atoms with Gasteiger partial charge >= 0.3 is 0 Å². The van der Waals surface area contributed by atoms with Crippen LogP contribution in [-0.2, 0) is 0 Å². The third-order valence-electron chi connectivity index (χ3n) is 3.32. The molecule has 0 aromatic carbocycles. The van der Waals surface area contributed by atoms with Crippen LogP contribution >= 0.6 is 23.3 Å². The first-order valence-electron chi connectivity index (χ1n) is 5.90. The Kier molecular flexibility index (Phi) is 4.30. The van der Waals surface area contributed by atoms with Gasteiger partial charge in [-0.1, -0.05) is 0 Å². The van der Waals surface area contributed by atoms with Crippen molar-refractivity contribution in [2.24, 2.45) is 0 Å². The van der Waals surface area contributed by atoms with Gasteiger partial charge in [0.1, 0.15) is 16.6 Å². The molecule has 0 aliphatic heterocycles. The number of nitrogens with zero attached hydrogens (tertiary/aromatic N) is 2. The molecule has 3 nitrogen and oxygen atoms in total. The first-order chi connectivity index (χ1) is 8.24. The Labute approximate surface area is 111 Å². The van der Waals surface area contributed by atoms with Gasteiger partial charge in [-0.15, -0.1) is 0 Å². The highest BCUT2D eigenvalue weighted by Crippen LogP contribution is 2.31. The molecule has 1 aliphatic rings. The van der Waals surface area contributed by atoms with Crippen LogP contribution in [0.15, 0.2) is 0 Å². The van der Waals surface area contributed by atoms with Gasteiger partial charge in [0.25, 0.3) is 0 Å². The summed E-state index contributed by atoms with van der Waals surface area (Å²) in [4.78, 5) is 0. The summed E-state index contributed by atoms with van der Waals surface area (Å²) < 4.78 is 4.24. The quantitative estimate of drug-likeness (QED) is 0.911. The predicted octanol–water partition coefficient (Wildman–Crippen LogP) is 3.41. The van der Waals surface area contributed by atoms with Crippen LogP contribution in [0.3, 0.4) is 0 Å². The molecule has 1 heterocycles. The van der Waals surface area contributed by atoms with E-state index in [1.165, 1.54) is 37.2 Å². The number of nitriles is 1. The highest BCUT2D eigenvalue weighted by molar-refractivity contribution is 7.99. The van der Waals surface area contributed by atoms with E-state index in [4.69, 9.17) is 5.26 Å². The summed E-state index contributed by atoms with van der Waals surface area (Å²) in [6, 6.07) is 2.75. The normalized spacial score (nSPS) is 24.3. The summed E-state index contributed by atoms with van der Waals surface area (Å²) in [7, 11) is 0. The monoisotopic (exact) mass is 267 g/mol. The van der Waals surface area contributed by atoms with Gasteiger partial charge in [0.15, 0.2) is 0 Å².